The number of benzene rings is 1. The predicted molar refractivity (Wildman–Crippen MR) is 75.3 cm³/mol. The SMILES string of the molecule is CS(=O)CCCNC1CCCc2cc(O)ccc21. The van der Waals surface area contributed by atoms with Crippen molar-refractivity contribution >= 4 is 10.8 Å². The molecule has 0 heterocycles. The van der Waals surface area contributed by atoms with Crippen LogP contribution in [-0.2, 0) is 17.2 Å². The second-order valence-electron chi connectivity index (χ2n) is 4.91. The first-order valence-corrected chi connectivity index (χ1v) is 8.25. The Bertz CT molecular complexity index is 434. The van der Waals surface area contributed by atoms with Crippen LogP contribution < -0.4 is 5.32 Å². The normalized spacial score (nSPS) is 20.4. The van der Waals surface area contributed by atoms with Crippen molar-refractivity contribution in [2.45, 2.75) is 31.7 Å². The molecule has 3 nitrogen and oxygen atoms in total. The van der Waals surface area contributed by atoms with Crippen LogP contribution >= 0.6 is 0 Å². The van der Waals surface area contributed by atoms with Gasteiger partial charge in [0.05, 0.1) is 0 Å². The lowest BCUT2D eigenvalue weighted by molar-refractivity contribution is 0.451. The Morgan fingerprint density at radius 1 is 1.50 bits per heavy atom. The first-order chi connectivity index (χ1) is 8.66. The second-order valence-corrected chi connectivity index (χ2v) is 6.47. The number of aryl methyl sites for hydroxylation is 1. The molecule has 2 N–H and O–H groups in total. The van der Waals surface area contributed by atoms with Crippen molar-refractivity contribution in [2.75, 3.05) is 18.6 Å². The van der Waals surface area contributed by atoms with E-state index in [4.69, 9.17) is 0 Å². The summed E-state index contributed by atoms with van der Waals surface area (Å²) in [5, 5.41) is 13.0. The van der Waals surface area contributed by atoms with Crippen LogP contribution in [0.4, 0.5) is 0 Å². The van der Waals surface area contributed by atoms with Crippen molar-refractivity contribution < 1.29 is 9.32 Å². The van der Waals surface area contributed by atoms with Crippen LogP contribution in [0.25, 0.3) is 0 Å². The molecule has 0 fully saturated rings. The number of rotatable bonds is 5. The highest BCUT2D eigenvalue weighted by Crippen LogP contribution is 2.31. The highest BCUT2D eigenvalue weighted by molar-refractivity contribution is 7.84. The molecule has 1 aliphatic rings. The van der Waals surface area contributed by atoms with Crippen LogP contribution in [0, 0.1) is 0 Å². The van der Waals surface area contributed by atoms with E-state index >= 15 is 0 Å². The Morgan fingerprint density at radius 2 is 2.33 bits per heavy atom. The van der Waals surface area contributed by atoms with Crippen molar-refractivity contribution in [3.8, 4) is 5.75 Å². The molecular formula is C14H21NO2S. The zero-order valence-electron chi connectivity index (χ0n) is 10.8. The van der Waals surface area contributed by atoms with Crippen LogP contribution in [-0.4, -0.2) is 27.9 Å². The lowest BCUT2D eigenvalue weighted by atomic mass is 9.87. The molecule has 0 spiro atoms. The Balaban J connectivity index is 1.93. The summed E-state index contributed by atoms with van der Waals surface area (Å²) in [5.74, 6) is 1.12. The van der Waals surface area contributed by atoms with Crippen molar-refractivity contribution in [2.24, 2.45) is 0 Å². The number of hydrogen-bond donors (Lipinski definition) is 2. The number of phenolic OH excluding ortho intramolecular Hbond substituents is 1. The smallest absolute Gasteiger partial charge is 0.115 e. The van der Waals surface area contributed by atoms with Gasteiger partial charge in [0.2, 0.25) is 0 Å². The lowest BCUT2D eigenvalue weighted by Gasteiger charge is -2.26. The van der Waals surface area contributed by atoms with Gasteiger partial charge in [-0.2, -0.15) is 0 Å². The van der Waals surface area contributed by atoms with Crippen LogP contribution in [0.5, 0.6) is 5.75 Å². The van der Waals surface area contributed by atoms with Crippen LogP contribution in [0.1, 0.15) is 36.4 Å². The number of nitrogens with one attached hydrogen (secondary N) is 1. The zero-order chi connectivity index (χ0) is 13.0. The Labute approximate surface area is 111 Å². The van der Waals surface area contributed by atoms with Crippen LogP contribution in [0.15, 0.2) is 18.2 Å². The molecule has 0 aliphatic heterocycles. The largest absolute Gasteiger partial charge is 0.508 e. The van der Waals surface area contributed by atoms with Gasteiger partial charge in [-0.3, -0.25) is 4.21 Å². The summed E-state index contributed by atoms with van der Waals surface area (Å²) in [6, 6.07) is 6.06. The van der Waals surface area contributed by atoms with Gasteiger partial charge in [-0.15, -0.1) is 0 Å². The van der Waals surface area contributed by atoms with E-state index in [1.807, 2.05) is 12.1 Å². The molecule has 1 aromatic rings. The van der Waals surface area contributed by atoms with Gasteiger partial charge in [0, 0.05) is 28.9 Å². The summed E-state index contributed by atoms with van der Waals surface area (Å²) in [6.45, 7) is 0.907. The summed E-state index contributed by atoms with van der Waals surface area (Å²) >= 11 is 0. The van der Waals surface area contributed by atoms with E-state index in [2.05, 4.69) is 5.32 Å². The molecule has 2 unspecified atom stereocenters. The first kappa shape index (κ1) is 13.6. The van der Waals surface area contributed by atoms with Gasteiger partial charge in [0.15, 0.2) is 0 Å². The van der Waals surface area contributed by atoms with Gasteiger partial charge in [0.25, 0.3) is 0 Å². The molecule has 0 bridgehead atoms. The molecule has 0 saturated heterocycles. The molecular weight excluding hydrogens is 246 g/mol. The number of phenols is 1. The molecule has 2 atom stereocenters. The highest BCUT2D eigenvalue weighted by atomic mass is 32.2. The minimum atomic E-state index is -0.693. The summed E-state index contributed by atoms with van der Waals surface area (Å²) < 4.78 is 11.0. The van der Waals surface area contributed by atoms with E-state index in [-0.39, 0.29) is 0 Å². The predicted octanol–water partition coefficient (Wildman–Crippen LogP) is 2.13. The Kier molecular flexibility index (Phi) is 4.78. The average molecular weight is 267 g/mol. The molecule has 0 radical (unpaired) electrons. The maximum atomic E-state index is 11.0. The molecule has 0 saturated carbocycles. The third-order valence-electron chi connectivity index (χ3n) is 3.44. The Morgan fingerprint density at radius 3 is 3.11 bits per heavy atom. The third kappa shape index (κ3) is 3.56. The zero-order valence-corrected chi connectivity index (χ0v) is 11.6. The molecule has 0 aromatic heterocycles. The maximum absolute atomic E-state index is 11.0. The van der Waals surface area contributed by atoms with Gasteiger partial charge in [-0.1, -0.05) is 6.07 Å². The number of hydrogen-bond acceptors (Lipinski definition) is 3. The summed E-state index contributed by atoms with van der Waals surface area (Å²) in [6.07, 6.45) is 6.06. The van der Waals surface area contributed by atoms with E-state index in [1.54, 1.807) is 12.3 Å². The van der Waals surface area contributed by atoms with Crippen molar-refractivity contribution in [3.05, 3.63) is 29.3 Å². The fourth-order valence-corrected chi connectivity index (χ4v) is 3.12. The van der Waals surface area contributed by atoms with Gasteiger partial charge in [-0.05, 0) is 55.5 Å². The summed E-state index contributed by atoms with van der Waals surface area (Å²) in [5.41, 5.74) is 2.58. The lowest BCUT2D eigenvalue weighted by Crippen LogP contribution is -2.26. The summed E-state index contributed by atoms with van der Waals surface area (Å²) in [4.78, 5) is 0. The molecule has 0 amide bonds. The minimum absolute atomic E-state index is 0.357. The van der Waals surface area contributed by atoms with E-state index in [1.165, 1.54) is 11.1 Å². The van der Waals surface area contributed by atoms with Gasteiger partial charge < -0.3 is 10.4 Å². The third-order valence-corrected chi connectivity index (χ3v) is 4.30. The topological polar surface area (TPSA) is 49.3 Å². The van der Waals surface area contributed by atoms with Crippen LogP contribution in [0.3, 0.4) is 0 Å². The van der Waals surface area contributed by atoms with E-state index in [0.717, 1.165) is 38.0 Å². The quantitative estimate of drug-likeness (QED) is 0.804. The highest BCUT2D eigenvalue weighted by Gasteiger charge is 2.19. The van der Waals surface area contributed by atoms with Gasteiger partial charge in [0.1, 0.15) is 5.75 Å². The van der Waals surface area contributed by atoms with Gasteiger partial charge in [-0.25, -0.2) is 0 Å². The fraction of sp³-hybridized carbons (Fsp3) is 0.571. The molecule has 1 aromatic carbocycles. The monoisotopic (exact) mass is 267 g/mol. The standard InChI is InChI=1S/C14H21NO2S/c1-18(17)9-3-8-15-14-5-2-4-11-10-12(16)6-7-13(11)14/h6-7,10,14-16H,2-5,8-9H2,1H3. The maximum Gasteiger partial charge on any atom is 0.115 e. The van der Waals surface area contributed by atoms with Crippen molar-refractivity contribution in [1.82, 2.24) is 5.32 Å². The Hall–Kier alpha value is -0.870. The van der Waals surface area contributed by atoms with Gasteiger partial charge >= 0.3 is 0 Å². The van der Waals surface area contributed by atoms with Crippen LogP contribution in [0.2, 0.25) is 0 Å². The number of aromatic hydroxyl groups is 1. The molecule has 100 valence electrons. The molecule has 18 heavy (non-hydrogen) atoms. The molecule has 4 heteroatoms. The van der Waals surface area contributed by atoms with E-state index in [0.29, 0.717) is 11.8 Å². The first-order valence-electron chi connectivity index (χ1n) is 6.52. The minimum Gasteiger partial charge on any atom is -0.508 e. The van der Waals surface area contributed by atoms with Crippen molar-refractivity contribution in [1.29, 1.82) is 0 Å². The molecule has 1 aliphatic carbocycles. The second kappa shape index (κ2) is 6.34. The van der Waals surface area contributed by atoms with E-state index < -0.39 is 10.8 Å². The summed E-state index contributed by atoms with van der Waals surface area (Å²) in [7, 11) is -0.693. The fourth-order valence-electron chi connectivity index (χ4n) is 2.56. The van der Waals surface area contributed by atoms with Crippen molar-refractivity contribution in [3.63, 3.8) is 0 Å². The molecule has 2 rings (SSSR count). The average Bonchev–Trinajstić information content (AvgIpc) is 2.34. The van der Waals surface area contributed by atoms with E-state index in [9.17, 15) is 9.32 Å². The number of fused-ring (bicyclic) bond motifs is 1.